The van der Waals surface area contributed by atoms with E-state index in [1.807, 2.05) is 25.1 Å². The van der Waals surface area contributed by atoms with E-state index in [0.29, 0.717) is 18.4 Å². The molecule has 2 aromatic rings. The SMILES string of the molecule is CCCNC(C)(c1cccc2ccccc12)C(F)(F)F. The normalized spacial score (nSPS) is 15.2. The molecule has 1 unspecified atom stereocenters. The Labute approximate surface area is 116 Å². The molecule has 1 N–H and O–H groups in total. The topological polar surface area (TPSA) is 12.0 Å². The molecule has 0 fully saturated rings. The first kappa shape index (κ1) is 14.9. The minimum Gasteiger partial charge on any atom is -0.300 e. The minimum atomic E-state index is -4.35. The van der Waals surface area contributed by atoms with Crippen LogP contribution in [0.1, 0.15) is 25.8 Å². The summed E-state index contributed by atoms with van der Waals surface area (Å²) >= 11 is 0. The third-order valence-corrected chi connectivity index (χ3v) is 3.62. The van der Waals surface area contributed by atoms with Crippen LogP contribution in [0.25, 0.3) is 10.8 Å². The molecule has 0 spiro atoms. The van der Waals surface area contributed by atoms with E-state index in [-0.39, 0.29) is 5.56 Å². The lowest BCUT2D eigenvalue weighted by molar-refractivity contribution is -0.195. The van der Waals surface area contributed by atoms with Gasteiger partial charge in [0.25, 0.3) is 0 Å². The van der Waals surface area contributed by atoms with Gasteiger partial charge in [-0.2, -0.15) is 13.2 Å². The van der Waals surface area contributed by atoms with Crippen molar-refractivity contribution in [1.29, 1.82) is 0 Å². The molecule has 1 atom stereocenters. The van der Waals surface area contributed by atoms with Crippen molar-refractivity contribution in [2.24, 2.45) is 0 Å². The Morgan fingerprint density at radius 1 is 1.00 bits per heavy atom. The van der Waals surface area contributed by atoms with E-state index in [0.717, 1.165) is 5.39 Å². The smallest absolute Gasteiger partial charge is 0.300 e. The second-order valence-corrected chi connectivity index (χ2v) is 5.08. The molecule has 0 amide bonds. The highest BCUT2D eigenvalue weighted by atomic mass is 19.4. The van der Waals surface area contributed by atoms with E-state index >= 15 is 0 Å². The van der Waals surface area contributed by atoms with E-state index in [9.17, 15) is 13.2 Å². The lowest BCUT2D eigenvalue weighted by Crippen LogP contribution is -2.52. The van der Waals surface area contributed by atoms with Crippen molar-refractivity contribution in [2.45, 2.75) is 32.0 Å². The molecule has 20 heavy (non-hydrogen) atoms. The lowest BCUT2D eigenvalue weighted by Gasteiger charge is -2.34. The number of rotatable bonds is 4. The van der Waals surface area contributed by atoms with Gasteiger partial charge >= 0.3 is 6.18 Å². The van der Waals surface area contributed by atoms with Gasteiger partial charge in [-0.1, -0.05) is 49.4 Å². The molecule has 2 aromatic carbocycles. The molecular formula is C16H18F3N. The van der Waals surface area contributed by atoms with Crippen LogP contribution < -0.4 is 5.32 Å². The molecule has 1 nitrogen and oxygen atoms in total. The highest BCUT2D eigenvalue weighted by molar-refractivity contribution is 5.86. The molecule has 0 aliphatic rings. The van der Waals surface area contributed by atoms with Crippen molar-refractivity contribution < 1.29 is 13.2 Å². The number of hydrogen-bond donors (Lipinski definition) is 1. The van der Waals surface area contributed by atoms with Gasteiger partial charge < -0.3 is 5.32 Å². The van der Waals surface area contributed by atoms with Gasteiger partial charge in [0.1, 0.15) is 5.54 Å². The summed E-state index contributed by atoms with van der Waals surface area (Å²) in [5.74, 6) is 0. The van der Waals surface area contributed by atoms with Crippen LogP contribution in [0.3, 0.4) is 0 Å². The van der Waals surface area contributed by atoms with Gasteiger partial charge in [-0.25, -0.2) is 0 Å². The first-order chi connectivity index (χ1) is 9.40. The molecule has 0 heterocycles. The maximum atomic E-state index is 13.6. The zero-order chi connectivity index (χ0) is 14.8. The molecule has 108 valence electrons. The van der Waals surface area contributed by atoms with Crippen molar-refractivity contribution in [3.05, 3.63) is 48.0 Å². The molecule has 0 radical (unpaired) electrons. The Hall–Kier alpha value is -1.55. The van der Waals surface area contributed by atoms with E-state index in [1.54, 1.807) is 24.3 Å². The predicted molar refractivity (Wildman–Crippen MR) is 75.6 cm³/mol. The summed E-state index contributed by atoms with van der Waals surface area (Å²) in [6, 6.07) is 12.2. The fourth-order valence-corrected chi connectivity index (χ4v) is 2.38. The summed E-state index contributed by atoms with van der Waals surface area (Å²) in [6.45, 7) is 3.39. The van der Waals surface area contributed by atoms with Crippen LogP contribution in [0.5, 0.6) is 0 Å². The van der Waals surface area contributed by atoms with Crippen LogP contribution in [-0.2, 0) is 5.54 Å². The maximum absolute atomic E-state index is 13.6. The third-order valence-electron chi connectivity index (χ3n) is 3.62. The largest absolute Gasteiger partial charge is 0.410 e. The second kappa shape index (κ2) is 5.44. The molecule has 2 rings (SSSR count). The van der Waals surface area contributed by atoms with Crippen LogP contribution in [0.2, 0.25) is 0 Å². The van der Waals surface area contributed by atoms with Crippen molar-refractivity contribution in [3.8, 4) is 0 Å². The van der Waals surface area contributed by atoms with Crippen molar-refractivity contribution in [2.75, 3.05) is 6.54 Å². The second-order valence-electron chi connectivity index (χ2n) is 5.08. The van der Waals surface area contributed by atoms with Crippen LogP contribution in [0.4, 0.5) is 13.2 Å². The summed E-state index contributed by atoms with van der Waals surface area (Å²) in [7, 11) is 0. The highest BCUT2D eigenvalue weighted by Gasteiger charge is 2.52. The summed E-state index contributed by atoms with van der Waals surface area (Å²) in [5, 5.41) is 4.12. The van der Waals surface area contributed by atoms with Gasteiger partial charge in [0, 0.05) is 0 Å². The van der Waals surface area contributed by atoms with Gasteiger partial charge in [0.15, 0.2) is 0 Å². The van der Waals surface area contributed by atoms with Gasteiger partial charge in [-0.05, 0) is 36.2 Å². The predicted octanol–water partition coefficient (Wildman–Crippen LogP) is 4.62. The lowest BCUT2D eigenvalue weighted by atomic mass is 9.87. The molecule has 0 aliphatic heterocycles. The van der Waals surface area contributed by atoms with Crippen LogP contribution in [0, 0.1) is 0 Å². The monoisotopic (exact) mass is 281 g/mol. The summed E-state index contributed by atoms with van der Waals surface area (Å²) < 4.78 is 40.7. The van der Waals surface area contributed by atoms with Gasteiger partial charge in [-0.3, -0.25) is 0 Å². The van der Waals surface area contributed by atoms with Crippen LogP contribution in [-0.4, -0.2) is 12.7 Å². The zero-order valence-corrected chi connectivity index (χ0v) is 11.6. The summed E-state index contributed by atoms with van der Waals surface area (Å²) in [4.78, 5) is 0. The fraction of sp³-hybridized carbons (Fsp3) is 0.375. The third kappa shape index (κ3) is 2.52. The first-order valence-corrected chi connectivity index (χ1v) is 6.70. The average molecular weight is 281 g/mol. The minimum absolute atomic E-state index is 0.275. The maximum Gasteiger partial charge on any atom is 0.410 e. The highest BCUT2D eigenvalue weighted by Crippen LogP contribution is 2.41. The molecule has 0 aliphatic carbocycles. The average Bonchev–Trinajstić information content (AvgIpc) is 2.43. The number of nitrogens with one attached hydrogen (secondary N) is 1. The Balaban J connectivity index is 2.63. The van der Waals surface area contributed by atoms with Crippen molar-refractivity contribution in [3.63, 3.8) is 0 Å². The Morgan fingerprint density at radius 3 is 2.30 bits per heavy atom. The molecule has 0 aromatic heterocycles. The van der Waals surface area contributed by atoms with Gasteiger partial charge in [-0.15, -0.1) is 0 Å². The fourth-order valence-electron chi connectivity index (χ4n) is 2.38. The van der Waals surface area contributed by atoms with E-state index in [1.165, 1.54) is 6.92 Å². The zero-order valence-electron chi connectivity index (χ0n) is 11.6. The van der Waals surface area contributed by atoms with E-state index < -0.39 is 11.7 Å². The Kier molecular flexibility index (Phi) is 4.04. The van der Waals surface area contributed by atoms with E-state index in [4.69, 9.17) is 0 Å². The standard InChI is InChI=1S/C16H18F3N/c1-3-11-20-15(2,16(17,18)19)14-10-6-8-12-7-4-5-9-13(12)14/h4-10,20H,3,11H2,1-2H3. The molecule has 0 bridgehead atoms. The Bertz CT molecular complexity index is 586. The molecular weight excluding hydrogens is 263 g/mol. The van der Waals surface area contributed by atoms with Crippen LogP contribution >= 0.6 is 0 Å². The molecule has 0 saturated heterocycles. The number of halogens is 3. The van der Waals surface area contributed by atoms with Crippen LogP contribution in [0.15, 0.2) is 42.5 Å². The van der Waals surface area contributed by atoms with E-state index in [2.05, 4.69) is 5.32 Å². The van der Waals surface area contributed by atoms with Crippen molar-refractivity contribution in [1.82, 2.24) is 5.32 Å². The quantitative estimate of drug-likeness (QED) is 0.862. The number of fused-ring (bicyclic) bond motifs is 1. The number of benzene rings is 2. The number of hydrogen-bond acceptors (Lipinski definition) is 1. The van der Waals surface area contributed by atoms with Crippen molar-refractivity contribution >= 4 is 10.8 Å². The summed E-state index contributed by atoms with van der Waals surface area (Å²) in [5.41, 5.74) is -1.76. The molecule has 0 saturated carbocycles. The number of alkyl halides is 3. The summed E-state index contributed by atoms with van der Waals surface area (Å²) in [6.07, 6.45) is -3.71. The Morgan fingerprint density at radius 2 is 1.65 bits per heavy atom. The first-order valence-electron chi connectivity index (χ1n) is 6.70. The van der Waals surface area contributed by atoms with Gasteiger partial charge in [0.05, 0.1) is 0 Å². The van der Waals surface area contributed by atoms with Gasteiger partial charge in [0.2, 0.25) is 0 Å². The molecule has 4 heteroatoms.